The maximum Gasteiger partial charge on any atom is 0.274 e. The average molecular weight is 342 g/mol. The molecule has 0 saturated heterocycles. The molecule has 6 nitrogen and oxygen atoms in total. The van der Waals surface area contributed by atoms with Crippen LogP contribution in [-0.2, 0) is 19.4 Å². The third kappa shape index (κ3) is 4.02. The summed E-state index contributed by atoms with van der Waals surface area (Å²) >= 11 is 0. The Kier molecular flexibility index (Phi) is 5.38. The Bertz CT molecular complexity index is 724. The Morgan fingerprint density at radius 1 is 1.36 bits per heavy atom. The molecule has 0 fully saturated rings. The zero-order valence-corrected chi connectivity index (χ0v) is 15.1. The van der Waals surface area contributed by atoms with Crippen LogP contribution in [0.2, 0.25) is 0 Å². The number of amides is 1. The molecule has 2 N–H and O–H groups in total. The molecule has 134 valence electrons. The highest BCUT2D eigenvalue weighted by atomic mass is 16.5. The third-order valence-electron chi connectivity index (χ3n) is 4.68. The summed E-state index contributed by atoms with van der Waals surface area (Å²) in [6, 6.07) is 8.10. The van der Waals surface area contributed by atoms with Gasteiger partial charge in [-0.05, 0) is 30.0 Å². The summed E-state index contributed by atoms with van der Waals surface area (Å²) in [5, 5.41) is 10.6. The number of carbonyl (C=O) groups excluding carboxylic acids is 1. The highest BCUT2D eigenvalue weighted by Crippen LogP contribution is 2.18. The molecular weight excluding hydrogens is 316 g/mol. The lowest BCUT2D eigenvalue weighted by Crippen LogP contribution is -2.33. The normalized spacial score (nSPS) is 14.7. The molecule has 0 radical (unpaired) electrons. The summed E-state index contributed by atoms with van der Waals surface area (Å²) < 4.78 is 5.19. The van der Waals surface area contributed by atoms with Gasteiger partial charge in [-0.1, -0.05) is 19.1 Å². The molecule has 0 unspecified atom stereocenters. The van der Waals surface area contributed by atoms with E-state index in [9.17, 15) is 4.79 Å². The van der Waals surface area contributed by atoms with E-state index in [1.54, 1.807) is 12.0 Å². The smallest absolute Gasteiger partial charge is 0.274 e. The standard InChI is InChI=1S/C19H26N4O2/c1-13(10-14-4-6-15(25-3)7-5-14)12-23(2)19(24)18-16-11-20-9-8-17(16)21-22-18/h4-7,13,20H,8-12H2,1-3H3,(H,21,22)/t13-/m0/s1. The van der Waals surface area contributed by atoms with Crippen molar-refractivity contribution in [3.8, 4) is 5.75 Å². The second kappa shape index (κ2) is 7.70. The number of fused-ring (bicyclic) bond motifs is 1. The molecule has 2 heterocycles. The Labute approximate surface area is 148 Å². The highest BCUT2D eigenvalue weighted by molar-refractivity contribution is 5.93. The number of ether oxygens (including phenoxy) is 1. The van der Waals surface area contributed by atoms with Gasteiger partial charge < -0.3 is 15.0 Å². The zero-order chi connectivity index (χ0) is 17.8. The number of H-pyrrole nitrogens is 1. The van der Waals surface area contributed by atoms with E-state index in [2.05, 4.69) is 34.6 Å². The van der Waals surface area contributed by atoms with Crippen molar-refractivity contribution in [2.45, 2.75) is 26.3 Å². The molecule has 1 aliphatic heterocycles. The highest BCUT2D eigenvalue weighted by Gasteiger charge is 2.24. The minimum absolute atomic E-state index is 0.0113. The monoisotopic (exact) mass is 342 g/mol. The Morgan fingerprint density at radius 2 is 2.12 bits per heavy atom. The van der Waals surface area contributed by atoms with Crippen molar-refractivity contribution < 1.29 is 9.53 Å². The first-order valence-electron chi connectivity index (χ1n) is 8.73. The van der Waals surface area contributed by atoms with E-state index in [0.29, 0.717) is 24.7 Å². The molecule has 0 saturated carbocycles. The van der Waals surface area contributed by atoms with Gasteiger partial charge in [-0.15, -0.1) is 0 Å². The van der Waals surface area contributed by atoms with E-state index in [-0.39, 0.29) is 5.91 Å². The van der Waals surface area contributed by atoms with Crippen molar-refractivity contribution in [1.82, 2.24) is 20.4 Å². The van der Waals surface area contributed by atoms with Crippen LogP contribution in [0.1, 0.15) is 34.2 Å². The number of benzene rings is 1. The van der Waals surface area contributed by atoms with Crippen molar-refractivity contribution in [3.05, 3.63) is 46.8 Å². The van der Waals surface area contributed by atoms with Crippen LogP contribution in [0.5, 0.6) is 5.75 Å². The molecule has 0 bridgehead atoms. The van der Waals surface area contributed by atoms with Crippen LogP contribution in [0.3, 0.4) is 0 Å². The van der Waals surface area contributed by atoms with Gasteiger partial charge in [-0.3, -0.25) is 9.89 Å². The first-order valence-corrected chi connectivity index (χ1v) is 8.73. The lowest BCUT2D eigenvalue weighted by Gasteiger charge is -2.22. The lowest BCUT2D eigenvalue weighted by atomic mass is 10.00. The van der Waals surface area contributed by atoms with Crippen molar-refractivity contribution in [3.63, 3.8) is 0 Å². The topological polar surface area (TPSA) is 70.2 Å². The first-order chi connectivity index (χ1) is 12.1. The van der Waals surface area contributed by atoms with Crippen molar-refractivity contribution in [2.75, 3.05) is 27.2 Å². The SMILES string of the molecule is COc1ccc(C[C@H](C)CN(C)C(=O)c2n[nH]c3c2CNCC3)cc1. The number of nitrogens with one attached hydrogen (secondary N) is 2. The molecule has 1 aliphatic rings. The number of aromatic amines is 1. The molecule has 0 spiro atoms. The third-order valence-corrected chi connectivity index (χ3v) is 4.68. The number of hydrogen-bond donors (Lipinski definition) is 2. The quantitative estimate of drug-likeness (QED) is 0.843. The van der Waals surface area contributed by atoms with Crippen molar-refractivity contribution >= 4 is 5.91 Å². The molecule has 25 heavy (non-hydrogen) atoms. The second-order valence-corrected chi connectivity index (χ2v) is 6.80. The molecule has 1 aromatic heterocycles. The fourth-order valence-corrected chi connectivity index (χ4v) is 3.36. The largest absolute Gasteiger partial charge is 0.497 e. The van der Waals surface area contributed by atoms with Gasteiger partial charge >= 0.3 is 0 Å². The van der Waals surface area contributed by atoms with E-state index < -0.39 is 0 Å². The van der Waals surface area contributed by atoms with Gasteiger partial charge in [-0.2, -0.15) is 5.10 Å². The van der Waals surface area contributed by atoms with Crippen LogP contribution in [0.25, 0.3) is 0 Å². The van der Waals surface area contributed by atoms with Crippen LogP contribution in [0.4, 0.5) is 0 Å². The van der Waals surface area contributed by atoms with E-state index in [4.69, 9.17) is 4.74 Å². The predicted octanol–water partition coefficient (Wildman–Crippen LogP) is 2.01. The molecule has 1 aromatic carbocycles. The minimum atomic E-state index is -0.0113. The van der Waals surface area contributed by atoms with Gasteiger partial charge in [0.2, 0.25) is 0 Å². The van der Waals surface area contributed by atoms with Gasteiger partial charge in [0.05, 0.1) is 7.11 Å². The summed E-state index contributed by atoms with van der Waals surface area (Å²) in [6.45, 7) is 4.50. The summed E-state index contributed by atoms with van der Waals surface area (Å²) in [5.74, 6) is 1.21. The van der Waals surface area contributed by atoms with Crippen LogP contribution >= 0.6 is 0 Å². The van der Waals surface area contributed by atoms with Crippen LogP contribution in [-0.4, -0.2) is 48.3 Å². The summed E-state index contributed by atoms with van der Waals surface area (Å²) in [6.07, 6.45) is 1.81. The number of carbonyl (C=O) groups is 1. The lowest BCUT2D eigenvalue weighted by molar-refractivity contribution is 0.0768. The number of methoxy groups -OCH3 is 1. The summed E-state index contributed by atoms with van der Waals surface area (Å²) in [5.41, 5.74) is 3.91. The Hall–Kier alpha value is -2.34. The molecule has 6 heteroatoms. The Morgan fingerprint density at radius 3 is 2.84 bits per heavy atom. The van der Waals surface area contributed by atoms with Gasteiger partial charge in [0.1, 0.15) is 5.75 Å². The van der Waals surface area contributed by atoms with Gasteiger partial charge in [-0.25, -0.2) is 0 Å². The predicted molar refractivity (Wildman–Crippen MR) is 96.8 cm³/mol. The fourth-order valence-electron chi connectivity index (χ4n) is 3.36. The molecule has 2 aromatic rings. The van der Waals surface area contributed by atoms with Gasteiger partial charge in [0, 0.05) is 44.4 Å². The first kappa shape index (κ1) is 17.5. The minimum Gasteiger partial charge on any atom is -0.497 e. The molecule has 0 aliphatic carbocycles. The van der Waals surface area contributed by atoms with Crippen LogP contribution in [0, 0.1) is 5.92 Å². The maximum atomic E-state index is 12.7. The number of hydrogen-bond acceptors (Lipinski definition) is 4. The summed E-state index contributed by atoms with van der Waals surface area (Å²) in [4.78, 5) is 14.5. The Balaban J connectivity index is 1.59. The molecule has 3 rings (SSSR count). The maximum absolute atomic E-state index is 12.7. The molecular formula is C19H26N4O2. The van der Waals surface area contributed by atoms with Gasteiger partial charge in [0.25, 0.3) is 5.91 Å². The molecule has 1 amide bonds. The van der Waals surface area contributed by atoms with Gasteiger partial charge in [0.15, 0.2) is 5.69 Å². The average Bonchev–Trinajstić information content (AvgIpc) is 3.05. The van der Waals surface area contributed by atoms with E-state index in [1.807, 2.05) is 19.2 Å². The zero-order valence-electron chi connectivity index (χ0n) is 15.1. The fraction of sp³-hybridized carbons (Fsp3) is 0.474. The number of rotatable bonds is 6. The van der Waals surface area contributed by atoms with E-state index in [0.717, 1.165) is 36.4 Å². The van der Waals surface area contributed by atoms with E-state index in [1.165, 1.54) is 5.56 Å². The second-order valence-electron chi connectivity index (χ2n) is 6.80. The number of aromatic nitrogens is 2. The van der Waals surface area contributed by atoms with Crippen LogP contribution < -0.4 is 10.1 Å². The molecule has 1 atom stereocenters. The van der Waals surface area contributed by atoms with Crippen molar-refractivity contribution in [1.29, 1.82) is 0 Å². The van der Waals surface area contributed by atoms with E-state index >= 15 is 0 Å². The van der Waals surface area contributed by atoms with Crippen molar-refractivity contribution in [2.24, 2.45) is 5.92 Å². The van der Waals surface area contributed by atoms with Crippen LogP contribution in [0.15, 0.2) is 24.3 Å². The summed E-state index contributed by atoms with van der Waals surface area (Å²) in [7, 11) is 3.52. The number of nitrogens with zero attached hydrogens (tertiary/aromatic N) is 2.